The highest BCUT2D eigenvalue weighted by Crippen LogP contribution is 2.36. The zero-order chi connectivity index (χ0) is 59.2. The molecule has 12 rings (SSSR count). The van der Waals surface area contributed by atoms with Crippen LogP contribution in [0.25, 0.3) is 32.7 Å². The van der Waals surface area contributed by atoms with Gasteiger partial charge < -0.3 is 20.3 Å². The van der Waals surface area contributed by atoms with Crippen molar-refractivity contribution in [3.8, 4) is 0 Å². The van der Waals surface area contributed by atoms with Crippen LogP contribution in [0, 0.1) is 0 Å². The minimum atomic E-state index is -4.08. The Kier molecular flexibility index (Phi) is 17.5. The number of hydrogen-bond donors (Lipinski definition) is 4. The third-order valence-electron chi connectivity index (χ3n) is 14.4. The summed E-state index contributed by atoms with van der Waals surface area (Å²) in [5.41, 5.74) is 9.23. The quantitative estimate of drug-likeness (QED) is 0.0667. The van der Waals surface area contributed by atoms with Crippen LogP contribution in [0.1, 0.15) is 47.2 Å². The molecule has 18 nitrogen and oxygen atoms in total. The fraction of sp³-hybridized carbons (Fsp3) is 0.213. The van der Waals surface area contributed by atoms with Crippen molar-refractivity contribution < 1.29 is 54.2 Å². The fourth-order valence-corrected chi connectivity index (χ4v) is 14.7. The van der Waals surface area contributed by atoms with E-state index in [0.717, 1.165) is 38.8 Å². The monoisotopic (exact) mass is 1200 g/mol. The number of ether oxygens (including phenoxy) is 2. The van der Waals surface area contributed by atoms with Crippen molar-refractivity contribution in [2.24, 2.45) is 5.73 Å². The minimum Gasteiger partial charge on any atom is -0.480 e. The second kappa shape index (κ2) is 24.4. The van der Waals surface area contributed by atoms with Crippen molar-refractivity contribution in [3.05, 3.63) is 216 Å². The number of benzene rings is 6. The lowest BCUT2D eigenvalue weighted by atomic mass is 9.97. The van der Waals surface area contributed by atoms with E-state index in [0.29, 0.717) is 46.8 Å². The van der Waals surface area contributed by atoms with Gasteiger partial charge in [-0.3, -0.25) is 24.5 Å². The largest absolute Gasteiger partial charge is 0.480 e. The summed E-state index contributed by atoms with van der Waals surface area (Å²) in [5.74, 6) is -2.05. The van der Waals surface area contributed by atoms with Crippen LogP contribution in [0.5, 0.6) is 0 Å². The van der Waals surface area contributed by atoms with E-state index in [4.69, 9.17) is 25.9 Å². The molecule has 6 aromatic carbocycles. The number of sulfonamides is 2. The zero-order valence-electron chi connectivity index (χ0n) is 44.9. The van der Waals surface area contributed by atoms with Gasteiger partial charge in [0.25, 0.3) is 9.05 Å². The molecule has 3 aromatic heterocycles. The molecule has 0 aliphatic heterocycles. The Morgan fingerprint density at radius 1 is 0.470 bits per heavy atom. The van der Waals surface area contributed by atoms with Crippen molar-refractivity contribution in [1.29, 1.82) is 0 Å². The van der Waals surface area contributed by atoms with Gasteiger partial charge in [0.15, 0.2) is 0 Å². The number of carbonyl (C=O) groups is 3. The average Bonchev–Trinajstić information content (AvgIpc) is 4.19. The van der Waals surface area contributed by atoms with Crippen LogP contribution >= 0.6 is 10.7 Å². The van der Waals surface area contributed by atoms with Crippen LogP contribution in [-0.4, -0.2) is 93.1 Å². The van der Waals surface area contributed by atoms with Crippen molar-refractivity contribution in [2.75, 3.05) is 13.2 Å². The molecule has 3 aliphatic carbocycles. The highest BCUT2D eigenvalue weighted by molar-refractivity contribution is 8.14. The van der Waals surface area contributed by atoms with Gasteiger partial charge in [-0.1, -0.05) is 127 Å². The molecule has 9 aromatic rings. The van der Waals surface area contributed by atoms with Crippen molar-refractivity contribution in [3.63, 3.8) is 0 Å². The molecule has 0 unspecified atom stereocenters. The van der Waals surface area contributed by atoms with Crippen LogP contribution in [0.4, 0.5) is 0 Å². The summed E-state index contributed by atoms with van der Waals surface area (Å²) in [6.07, 6.45) is 6.48. The Morgan fingerprint density at radius 2 is 0.783 bits per heavy atom. The lowest BCUT2D eigenvalue weighted by Crippen LogP contribution is -2.56. The van der Waals surface area contributed by atoms with Crippen molar-refractivity contribution in [1.82, 2.24) is 24.4 Å². The number of nitrogens with one attached hydrogen (secondary N) is 2. The van der Waals surface area contributed by atoms with Gasteiger partial charge in [-0.2, -0.15) is 9.44 Å². The van der Waals surface area contributed by atoms with Gasteiger partial charge in [0.05, 0.1) is 29.8 Å². The van der Waals surface area contributed by atoms with E-state index in [1.54, 1.807) is 92.8 Å². The maximum atomic E-state index is 13.3. The molecule has 0 atom stereocenters. The summed E-state index contributed by atoms with van der Waals surface area (Å²) in [6.45, 7) is 4.06. The number of aliphatic carboxylic acids is 1. The molecule has 0 saturated heterocycles. The van der Waals surface area contributed by atoms with Gasteiger partial charge in [-0.05, 0) is 83.6 Å². The minimum absolute atomic E-state index is 0.0211. The predicted molar refractivity (Wildman–Crippen MR) is 314 cm³/mol. The number of carbonyl (C=O) groups excluding carboxylic acids is 2. The van der Waals surface area contributed by atoms with Crippen LogP contribution in [0.2, 0.25) is 0 Å². The molecular weight excluding hydrogens is 1140 g/mol. The molecule has 83 heavy (non-hydrogen) atoms. The van der Waals surface area contributed by atoms with E-state index in [-0.39, 0.29) is 52.9 Å². The number of esters is 2. The van der Waals surface area contributed by atoms with Crippen LogP contribution in [-0.2, 0) is 91.5 Å². The van der Waals surface area contributed by atoms with E-state index >= 15 is 0 Å². The Balaban J connectivity index is 0.000000139. The molecule has 428 valence electrons. The average molecular weight is 1200 g/mol. The molecule has 0 radical (unpaired) electrons. The topological polar surface area (TPSA) is 281 Å². The van der Waals surface area contributed by atoms with E-state index < -0.39 is 57.7 Å². The van der Waals surface area contributed by atoms with Gasteiger partial charge in [0, 0.05) is 84.0 Å². The first-order valence-corrected chi connectivity index (χ1v) is 31.5. The summed E-state index contributed by atoms with van der Waals surface area (Å²) < 4.78 is 90.4. The Hall–Kier alpha value is -8.02. The maximum Gasteiger partial charge on any atom is 0.328 e. The summed E-state index contributed by atoms with van der Waals surface area (Å²) >= 11 is 0. The normalized spacial score (nSPS) is 15.2. The lowest BCUT2D eigenvalue weighted by molar-refractivity contribution is -0.150. The molecule has 3 aliphatic rings. The number of rotatable bonds is 12. The van der Waals surface area contributed by atoms with Gasteiger partial charge >= 0.3 is 17.9 Å². The molecule has 0 saturated carbocycles. The van der Waals surface area contributed by atoms with Gasteiger partial charge in [0.1, 0.15) is 31.3 Å². The van der Waals surface area contributed by atoms with Gasteiger partial charge in [0.2, 0.25) is 20.0 Å². The fourth-order valence-electron chi connectivity index (χ4n) is 10.6. The molecular formula is C61H57ClN6O12S3. The first kappa shape index (κ1) is 59.6. The summed E-state index contributed by atoms with van der Waals surface area (Å²) in [4.78, 5) is 49.0. The zero-order valence-corrected chi connectivity index (χ0v) is 48.1. The predicted octanol–water partition coefficient (Wildman–Crippen LogP) is 7.96. The highest BCUT2D eigenvalue weighted by atomic mass is 35.7. The third-order valence-corrected chi connectivity index (χ3v) is 18.9. The lowest BCUT2D eigenvalue weighted by Gasteiger charge is -2.27. The number of nitrogens with two attached hydrogens (primary N) is 1. The smallest absolute Gasteiger partial charge is 0.328 e. The maximum absolute atomic E-state index is 13.3. The van der Waals surface area contributed by atoms with E-state index in [1.807, 2.05) is 72.8 Å². The van der Waals surface area contributed by atoms with Crippen molar-refractivity contribution in [2.45, 2.75) is 83.7 Å². The number of aromatic nitrogens is 3. The van der Waals surface area contributed by atoms with E-state index in [2.05, 4.69) is 24.4 Å². The number of para-hydroxylation sites is 3. The van der Waals surface area contributed by atoms with Gasteiger partial charge in [-0.15, -0.1) is 0 Å². The number of carboxylic acid groups (broad SMARTS) is 1. The van der Waals surface area contributed by atoms with E-state index in [1.165, 1.54) is 30.6 Å². The number of hydrogen-bond acceptors (Lipinski definition) is 15. The van der Waals surface area contributed by atoms with Crippen LogP contribution in [0.15, 0.2) is 197 Å². The molecule has 0 amide bonds. The molecule has 0 fully saturated rings. The second-order valence-electron chi connectivity index (χ2n) is 20.1. The summed E-state index contributed by atoms with van der Waals surface area (Å²) in [6, 6.07) is 48.0. The van der Waals surface area contributed by atoms with Crippen LogP contribution < -0.4 is 15.2 Å². The van der Waals surface area contributed by atoms with Gasteiger partial charge in [-0.25, -0.2) is 30.0 Å². The molecule has 22 heteroatoms. The second-order valence-corrected chi connectivity index (χ2v) is 25.9. The molecule has 3 heterocycles. The standard InChI is InChI=1S/C21H20N2O4S.C19H16N2O4S.C12H15NO2.C9H6ClNO2S/c1-2-27-20(24)21(13-16-7-3-4-8-17(16)14-21)23-28(25,26)18-11-5-9-15-10-6-12-22-19(15)18;22-18(23)19(11-14-5-1-2-6-15(14)12-19)21-26(24,25)16-9-3-7-13-8-4-10-20-17(13)16;1-2-15-11(14)12(13)7-9-5-3-4-6-10(9)8-12;10-14(12,13)8-5-1-3-7-4-2-6-11-9(7)8/h3-12,23H,2,13-14H2,1H3;1-10,21H,11-12H2,(H,22,23);3-6H,2,7-8,13H2,1H3;1-6H. The Labute approximate surface area is 484 Å². The number of pyridine rings is 3. The number of halogens is 1. The number of carboxylic acids is 1. The van der Waals surface area contributed by atoms with Crippen molar-refractivity contribution >= 4 is 90.4 Å². The Bertz CT molecular complexity index is 4210. The highest BCUT2D eigenvalue weighted by Gasteiger charge is 2.49. The molecule has 5 N–H and O–H groups in total. The number of fused-ring (bicyclic) bond motifs is 6. The Morgan fingerprint density at radius 3 is 1.14 bits per heavy atom. The molecule has 0 spiro atoms. The SMILES string of the molecule is CCOC(=O)C1(N)Cc2ccccc2C1.CCOC(=O)C1(NS(=O)(=O)c2cccc3cccnc23)Cc2ccccc2C1.O=C(O)C1(NS(=O)(=O)c2cccc3cccnc23)Cc2ccccc2C1.O=S(=O)(Cl)c1cccc2cccnc12. The molecule has 0 bridgehead atoms. The first-order chi connectivity index (χ1) is 39.6. The number of nitrogens with zero attached hydrogens (tertiary/aromatic N) is 3. The summed E-state index contributed by atoms with van der Waals surface area (Å²) in [5, 5.41) is 12.0. The van der Waals surface area contributed by atoms with E-state index in [9.17, 15) is 44.7 Å². The first-order valence-electron chi connectivity index (χ1n) is 26.2. The third kappa shape index (κ3) is 13.0. The van der Waals surface area contributed by atoms with Crippen LogP contribution in [0.3, 0.4) is 0 Å². The summed E-state index contributed by atoms with van der Waals surface area (Å²) in [7, 11) is -6.56.